The van der Waals surface area contributed by atoms with Crippen molar-refractivity contribution in [2.75, 3.05) is 30.3 Å². The predicted octanol–water partition coefficient (Wildman–Crippen LogP) is 3.11. The minimum atomic E-state index is -0.860. The van der Waals surface area contributed by atoms with Gasteiger partial charge in [-0.2, -0.15) is 0 Å². The second kappa shape index (κ2) is 6.06. The molecule has 110 valence electrons. The average Bonchev–Trinajstić information content (AvgIpc) is 2.37. The van der Waals surface area contributed by atoms with E-state index >= 15 is 0 Å². The van der Waals surface area contributed by atoms with E-state index < -0.39 is 5.97 Å². The van der Waals surface area contributed by atoms with Crippen molar-refractivity contribution in [3.63, 3.8) is 0 Å². The number of anilines is 1. The second-order valence-corrected chi connectivity index (χ2v) is 6.72. The average molecular weight is 295 g/mol. The van der Waals surface area contributed by atoms with Crippen LogP contribution in [0, 0.1) is 0 Å². The second-order valence-electron chi connectivity index (χ2n) is 5.42. The number of ether oxygens (including phenoxy) is 1. The maximum Gasteiger partial charge on any atom is 0.338 e. The van der Waals surface area contributed by atoms with Crippen molar-refractivity contribution >= 4 is 23.4 Å². The monoisotopic (exact) mass is 295 g/mol. The first kappa shape index (κ1) is 15.2. The molecule has 0 aliphatic carbocycles. The number of nitrogens with zero attached hydrogens (tertiary/aromatic N) is 1. The maximum atomic E-state index is 11.7. The van der Waals surface area contributed by atoms with Crippen LogP contribution < -0.4 is 4.90 Å². The summed E-state index contributed by atoms with van der Waals surface area (Å²) in [5.74, 6) is -0.000864. The third-order valence-electron chi connectivity index (χ3n) is 3.28. The van der Waals surface area contributed by atoms with E-state index in [0.29, 0.717) is 18.7 Å². The van der Waals surface area contributed by atoms with Crippen molar-refractivity contribution in [3.05, 3.63) is 23.8 Å². The van der Waals surface area contributed by atoms with Crippen LogP contribution in [0.5, 0.6) is 0 Å². The number of hydrogen-bond donors (Lipinski definition) is 1. The fourth-order valence-corrected chi connectivity index (χ4v) is 3.32. The molecule has 1 fully saturated rings. The summed E-state index contributed by atoms with van der Waals surface area (Å²) >= 11 is 1.57. The predicted molar refractivity (Wildman–Crippen MR) is 82.0 cm³/mol. The van der Waals surface area contributed by atoms with Crippen LogP contribution in [0.3, 0.4) is 0 Å². The quantitative estimate of drug-likeness (QED) is 0.865. The molecule has 0 unspecified atom stereocenters. The molecule has 0 saturated carbocycles. The van der Waals surface area contributed by atoms with Crippen LogP contribution in [0.15, 0.2) is 23.1 Å². The molecule has 1 aliphatic heterocycles. The number of carboxylic acids is 1. The van der Waals surface area contributed by atoms with Gasteiger partial charge in [-0.1, -0.05) is 13.0 Å². The van der Waals surface area contributed by atoms with Crippen LogP contribution in [0.2, 0.25) is 0 Å². The summed E-state index contributed by atoms with van der Waals surface area (Å²) in [5.41, 5.74) is 0.964. The first-order chi connectivity index (χ1) is 9.44. The number of thioether (sulfide) groups is 1. The van der Waals surface area contributed by atoms with Gasteiger partial charge < -0.3 is 14.7 Å². The Bertz CT molecular complexity index is 502. The van der Waals surface area contributed by atoms with E-state index in [4.69, 9.17) is 4.74 Å². The molecule has 1 saturated heterocycles. The van der Waals surface area contributed by atoms with Gasteiger partial charge in [-0.15, -0.1) is 11.8 Å². The molecular formula is C15H21NO3S. The lowest BCUT2D eigenvalue weighted by Gasteiger charge is -2.40. The van der Waals surface area contributed by atoms with Gasteiger partial charge in [-0.25, -0.2) is 4.79 Å². The lowest BCUT2D eigenvalue weighted by molar-refractivity contribution is -0.0277. The molecule has 1 aromatic rings. The molecule has 0 amide bonds. The highest BCUT2D eigenvalue weighted by Crippen LogP contribution is 2.33. The van der Waals surface area contributed by atoms with Crippen molar-refractivity contribution in [1.29, 1.82) is 0 Å². The van der Waals surface area contributed by atoms with Gasteiger partial charge in [-0.05, 0) is 31.7 Å². The summed E-state index contributed by atoms with van der Waals surface area (Å²) in [5, 5.41) is 9.56. The minimum absolute atomic E-state index is 0.248. The molecule has 2 rings (SSSR count). The number of morpholine rings is 1. The molecule has 0 atom stereocenters. The van der Waals surface area contributed by atoms with Crippen LogP contribution in [0.25, 0.3) is 0 Å². The van der Waals surface area contributed by atoms with Crippen molar-refractivity contribution in [2.45, 2.75) is 31.3 Å². The fourth-order valence-electron chi connectivity index (χ4n) is 2.50. The Hall–Kier alpha value is -1.20. The smallest absolute Gasteiger partial charge is 0.338 e. The summed E-state index contributed by atoms with van der Waals surface area (Å²) in [6.07, 6.45) is 0. The molecule has 1 aliphatic rings. The van der Waals surface area contributed by atoms with E-state index in [1.807, 2.05) is 39.0 Å². The SMILES string of the molecule is CCSc1cccc(N2CCOC(C)(C)C2)c1C(=O)O. The lowest BCUT2D eigenvalue weighted by atomic mass is 10.0. The largest absolute Gasteiger partial charge is 0.478 e. The standard InChI is InChI=1S/C15H21NO3S/c1-4-20-12-7-5-6-11(13(12)14(17)18)16-8-9-19-15(2,3)10-16/h5-7H,4,8-10H2,1-3H3,(H,17,18). The number of carboxylic acid groups (broad SMARTS) is 1. The molecule has 1 N–H and O–H groups in total. The number of rotatable bonds is 4. The Balaban J connectivity index is 2.40. The van der Waals surface area contributed by atoms with Crippen LogP contribution in [0.4, 0.5) is 5.69 Å². The van der Waals surface area contributed by atoms with Gasteiger partial charge in [0.15, 0.2) is 0 Å². The third-order valence-corrected chi connectivity index (χ3v) is 4.22. The molecule has 0 aromatic heterocycles. The van der Waals surface area contributed by atoms with E-state index in [0.717, 1.165) is 22.9 Å². The summed E-state index contributed by atoms with van der Waals surface area (Å²) in [7, 11) is 0. The Morgan fingerprint density at radius 2 is 2.25 bits per heavy atom. The first-order valence-corrected chi connectivity index (χ1v) is 7.81. The molecule has 5 heteroatoms. The van der Waals surface area contributed by atoms with Gasteiger partial charge in [0.25, 0.3) is 0 Å². The van der Waals surface area contributed by atoms with Crippen molar-refractivity contribution < 1.29 is 14.6 Å². The van der Waals surface area contributed by atoms with Crippen LogP contribution in [-0.4, -0.2) is 42.1 Å². The molecule has 0 radical (unpaired) electrons. The summed E-state index contributed by atoms with van der Waals surface area (Å²) < 4.78 is 5.70. The zero-order valence-electron chi connectivity index (χ0n) is 12.2. The molecule has 0 bridgehead atoms. The highest BCUT2D eigenvalue weighted by Gasteiger charge is 2.30. The molecule has 1 heterocycles. The maximum absolute atomic E-state index is 11.7. The van der Waals surface area contributed by atoms with E-state index in [1.54, 1.807) is 11.8 Å². The summed E-state index contributed by atoms with van der Waals surface area (Å²) in [4.78, 5) is 14.6. The minimum Gasteiger partial charge on any atom is -0.478 e. The Labute approximate surface area is 124 Å². The topological polar surface area (TPSA) is 49.8 Å². The normalized spacial score (nSPS) is 18.1. The fraction of sp³-hybridized carbons (Fsp3) is 0.533. The molecular weight excluding hydrogens is 274 g/mol. The Morgan fingerprint density at radius 3 is 2.85 bits per heavy atom. The van der Waals surface area contributed by atoms with Crippen molar-refractivity contribution in [2.24, 2.45) is 0 Å². The van der Waals surface area contributed by atoms with E-state index in [2.05, 4.69) is 4.90 Å². The van der Waals surface area contributed by atoms with E-state index in [9.17, 15) is 9.90 Å². The van der Waals surface area contributed by atoms with E-state index in [-0.39, 0.29) is 5.60 Å². The Morgan fingerprint density at radius 1 is 1.50 bits per heavy atom. The zero-order valence-corrected chi connectivity index (χ0v) is 13.0. The molecule has 1 aromatic carbocycles. The summed E-state index contributed by atoms with van der Waals surface area (Å²) in [6.45, 7) is 8.14. The van der Waals surface area contributed by atoms with Gasteiger partial charge in [0.1, 0.15) is 0 Å². The van der Waals surface area contributed by atoms with Crippen molar-refractivity contribution in [3.8, 4) is 0 Å². The third kappa shape index (κ3) is 3.27. The van der Waals surface area contributed by atoms with Gasteiger partial charge in [0.05, 0.1) is 23.5 Å². The van der Waals surface area contributed by atoms with Crippen LogP contribution in [0.1, 0.15) is 31.1 Å². The highest BCUT2D eigenvalue weighted by molar-refractivity contribution is 7.99. The number of aromatic carboxylic acids is 1. The van der Waals surface area contributed by atoms with E-state index in [1.165, 1.54) is 0 Å². The lowest BCUT2D eigenvalue weighted by Crippen LogP contribution is -2.48. The van der Waals surface area contributed by atoms with Gasteiger partial charge in [0, 0.05) is 18.0 Å². The van der Waals surface area contributed by atoms with Crippen LogP contribution >= 0.6 is 11.8 Å². The first-order valence-electron chi connectivity index (χ1n) is 6.82. The van der Waals surface area contributed by atoms with Crippen molar-refractivity contribution in [1.82, 2.24) is 0 Å². The summed E-state index contributed by atoms with van der Waals surface area (Å²) in [6, 6.07) is 5.71. The van der Waals surface area contributed by atoms with Gasteiger partial charge in [0.2, 0.25) is 0 Å². The molecule has 4 nitrogen and oxygen atoms in total. The van der Waals surface area contributed by atoms with Gasteiger partial charge >= 0.3 is 5.97 Å². The molecule has 20 heavy (non-hydrogen) atoms. The molecule has 0 spiro atoms. The van der Waals surface area contributed by atoms with Crippen LogP contribution in [-0.2, 0) is 4.74 Å². The number of benzene rings is 1. The number of hydrogen-bond acceptors (Lipinski definition) is 4. The highest BCUT2D eigenvalue weighted by atomic mass is 32.2. The van der Waals surface area contributed by atoms with Gasteiger partial charge in [-0.3, -0.25) is 0 Å². The zero-order chi connectivity index (χ0) is 14.8. The Kier molecular flexibility index (Phi) is 4.60. The number of carbonyl (C=O) groups is 1.